The highest BCUT2D eigenvalue weighted by Crippen LogP contribution is 2.34. The second-order valence-corrected chi connectivity index (χ2v) is 10.0. The van der Waals surface area contributed by atoms with Gasteiger partial charge in [-0.1, -0.05) is 31.7 Å². The first kappa shape index (κ1) is 26.8. The van der Waals surface area contributed by atoms with Gasteiger partial charge in [0, 0.05) is 36.4 Å². The van der Waals surface area contributed by atoms with Gasteiger partial charge in [-0.3, -0.25) is 14.3 Å². The fraction of sp³-hybridized carbons (Fsp3) is 0.320. The molecule has 0 unspecified atom stereocenters. The molecule has 0 N–H and O–H groups in total. The van der Waals surface area contributed by atoms with Crippen molar-refractivity contribution in [2.75, 3.05) is 13.1 Å². The van der Waals surface area contributed by atoms with Crippen LogP contribution in [0.25, 0.3) is 17.1 Å². The number of carbonyl (C=O) groups excluding carboxylic acids is 1. The normalized spacial score (nSPS) is 11.6. The second kappa shape index (κ2) is 11.9. The third-order valence-electron chi connectivity index (χ3n) is 5.37. The first-order valence-corrected chi connectivity index (χ1v) is 13.6. The molecular formula is C25H25F3N6OS2. The maximum atomic E-state index is 13.4. The number of aromatic nitrogens is 5. The lowest BCUT2D eigenvalue weighted by atomic mass is 10.2. The zero-order valence-corrected chi connectivity index (χ0v) is 21.9. The molecule has 0 bridgehead atoms. The highest BCUT2D eigenvalue weighted by Gasteiger charge is 2.31. The Balaban J connectivity index is 1.62. The summed E-state index contributed by atoms with van der Waals surface area (Å²) in [7, 11) is 0. The van der Waals surface area contributed by atoms with Crippen molar-refractivity contribution in [1.29, 1.82) is 0 Å². The second-order valence-electron chi connectivity index (χ2n) is 8.13. The fourth-order valence-corrected chi connectivity index (χ4v) is 5.46. The molecule has 0 aliphatic rings. The van der Waals surface area contributed by atoms with E-state index in [1.165, 1.54) is 29.2 Å². The van der Waals surface area contributed by atoms with E-state index in [0.717, 1.165) is 25.0 Å². The van der Waals surface area contributed by atoms with E-state index >= 15 is 0 Å². The highest BCUT2D eigenvalue weighted by molar-refractivity contribution is 7.98. The molecule has 0 aliphatic heterocycles. The largest absolute Gasteiger partial charge is 0.416 e. The van der Waals surface area contributed by atoms with Crippen LogP contribution < -0.4 is 0 Å². The van der Waals surface area contributed by atoms with Crippen molar-refractivity contribution in [2.24, 2.45) is 0 Å². The van der Waals surface area contributed by atoms with Gasteiger partial charge in [-0.15, -0.1) is 21.5 Å². The molecule has 0 spiro atoms. The summed E-state index contributed by atoms with van der Waals surface area (Å²) in [6, 6.07) is 8.50. The van der Waals surface area contributed by atoms with Crippen LogP contribution in [-0.2, 0) is 11.9 Å². The van der Waals surface area contributed by atoms with Crippen molar-refractivity contribution in [3.8, 4) is 17.1 Å². The summed E-state index contributed by atoms with van der Waals surface area (Å²) < 4.78 is 41.9. The first-order chi connectivity index (χ1) is 17.8. The summed E-state index contributed by atoms with van der Waals surface area (Å²) in [5, 5.41) is 11.4. The lowest BCUT2D eigenvalue weighted by molar-refractivity contribution is -0.137. The van der Waals surface area contributed by atoms with Crippen LogP contribution in [-0.4, -0.2) is 48.6 Å². The summed E-state index contributed by atoms with van der Waals surface area (Å²) in [4.78, 5) is 23.2. The Morgan fingerprint density at radius 2 is 1.81 bits per heavy atom. The van der Waals surface area contributed by atoms with Crippen molar-refractivity contribution in [2.45, 2.75) is 43.8 Å². The van der Waals surface area contributed by atoms with Crippen LogP contribution in [0.2, 0.25) is 0 Å². The Bertz CT molecular complexity index is 1330. The van der Waals surface area contributed by atoms with Crippen molar-refractivity contribution >= 4 is 29.0 Å². The molecule has 3 aromatic heterocycles. The summed E-state index contributed by atoms with van der Waals surface area (Å²) in [6.45, 7) is 5.40. The van der Waals surface area contributed by atoms with Gasteiger partial charge >= 0.3 is 6.18 Å². The number of pyridine rings is 1. The topological polar surface area (TPSA) is 76.8 Å². The van der Waals surface area contributed by atoms with Crippen molar-refractivity contribution in [1.82, 2.24) is 29.6 Å². The van der Waals surface area contributed by atoms with Gasteiger partial charge in [0.25, 0.3) is 5.91 Å². The average molecular weight is 547 g/mol. The van der Waals surface area contributed by atoms with Crippen LogP contribution >= 0.6 is 23.1 Å². The molecule has 0 saturated heterocycles. The van der Waals surface area contributed by atoms with E-state index in [9.17, 15) is 18.0 Å². The Kier molecular flexibility index (Phi) is 8.59. The van der Waals surface area contributed by atoms with Crippen LogP contribution in [0.4, 0.5) is 13.2 Å². The quantitative estimate of drug-likeness (QED) is 0.216. The molecule has 0 radical (unpaired) electrons. The molecule has 37 heavy (non-hydrogen) atoms. The molecule has 0 aliphatic carbocycles. The molecule has 4 aromatic rings. The maximum Gasteiger partial charge on any atom is 0.416 e. The molecule has 3 heterocycles. The molecule has 1 amide bonds. The number of benzene rings is 1. The fourth-order valence-electron chi connectivity index (χ4n) is 3.72. The van der Waals surface area contributed by atoms with Gasteiger partial charge in [-0.25, -0.2) is 4.98 Å². The monoisotopic (exact) mass is 546 g/mol. The van der Waals surface area contributed by atoms with Gasteiger partial charge in [0.2, 0.25) is 0 Å². The van der Waals surface area contributed by atoms with Gasteiger partial charge in [-0.05, 0) is 43.2 Å². The first-order valence-electron chi connectivity index (χ1n) is 11.7. The zero-order valence-electron chi connectivity index (χ0n) is 20.3. The average Bonchev–Trinajstić information content (AvgIpc) is 3.54. The molecule has 1 aromatic carbocycles. The number of thiazole rings is 1. The van der Waals surface area contributed by atoms with Crippen molar-refractivity contribution < 1.29 is 18.0 Å². The Labute approximate surface area is 220 Å². The number of halogens is 3. The number of nitrogens with zero attached hydrogens (tertiary/aromatic N) is 6. The summed E-state index contributed by atoms with van der Waals surface area (Å²) in [6.07, 6.45) is 0.415. The standard InChI is InChI=1S/C25H25F3N6OS2/c1-3-12-33(13-4-2)23(35)20-15-36-21(30-20)16-37-24-32-31-22(17-8-10-29-11-9-17)34(24)19-7-5-6-18(14-19)25(26,27)28/h5-11,14-15H,3-4,12-13,16H2,1-2H3. The van der Waals surface area contributed by atoms with E-state index < -0.39 is 11.7 Å². The van der Waals surface area contributed by atoms with Crippen molar-refractivity contribution in [3.05, 3.63) is 70.4 Å². The highest BCUT2D eigenvalue weighted by atomic mass is 32.2. The van der Waals surface area contributed by atoms with Crippen LogP contribution in [0.5, 0.6) is 0 Å². The number of carbonyl (C=O) groups is 1. The summed E-state index contributed by atoms with van der Waals surface area (Å²) in [5.41, 5.74) is 0.598. The lowest BCUT2D eigenvalue weighted by Gasteiger charge is -2.20. The molecule has 4 rings (SSSR count). The summed E-state index contributed by atoms with van der Waals surface area (Å²) in [5.74, 6) is 0.685. The lowest BCUT2D eigenvalue weighted by Crippen LogP contribution is -2.32. The van der Waals surface area contributed by atoms with Crippen LogP contribution in [0.15, 0.2) is 59.3 Å². The molecule has 0 fully saturated rings. The molecule has 12 heteroatoms. The predicted molar refractivity (Wildman–Crippen MR) is 138 cm³/mol. The van der Waals surface area contributed by atoms with E-state index in [1.54, 1.807) is 45.4 Å². The minimum absolute atomic E-state index is 0.0942. The van der Waals surface area contributed by atoms with Crippen LogP contribution in [0, 0.1) is 0 Å². The van der Waals surface area contributed by atoms with Crippen LogP contribution in [0.3, 0.4) is 0 Å². The number of hydrogen-bond acceptors (Lipinski definition) is 7. The Hall–Kier alpha value is -3.25. The third kappa shape index (κ3) is 6.37. The van der Waals surface area contributed by atoms with E-state index in [0.29, 0.717) is 51.8 Å². The Morgan fingerprint density at radius 1 is 1.08 bits per heavy atom. The number of amides is 1. The number of hydrogen-bond donors (Lipinski definition) is 0. The van der Waals surface area contributed by atoms with Gasteiger partial charge in [0.15, 0.2) is 11.0 Å². The number of thioether (sulfide) groups is 1. The minimum Gasteiger partial charge on any atom is -0.337 e. The maximum absolute atomic E-state index is 13.4. The van der Waals surface area contributed by atoms with Crippen LogP contribution in [0.1, 0.15) is 47.7 Å². The molecule has 0 saturated carbocycles. The molecule has 0 atom stereocenters. The third-order valence-corrected chi connectivity index (χ3v) is 7.35. The number of alkyl halides is 3. The van der Waals surface area contributed by atoms with E-state index in [2.05, 4.69) is 20.2 Å². The smallest absolute Gasteiger partial charge is 0.337 e. The summed E-state index contributed by atoms with van der Waals surface area (Å²) >= 11 is 2.66. The van der Waals surface area contributed by atoms with E-state index in [-0.39, 0.29) is 5.91 Å². The minimum atomic E-state index is -4.48. The van der Waals surface area contributed by atoms with E-state index in [4.69, 9.17) is 0 Å². The molecule has 194 valence electrons. The van der Waals surface area contributed by atoms with E-state index in [1.807, 2.05) is 13.8 Å². The van der Waals surface area contributed by atoms with Gasteiger partial charge < -0.3 is 4.90 Å². The predicted octanol–water partition coefficient (Wildman–Crippen LogP) is 6.36. The van der Waals surface area contributed by atoms with Gasteiger partial charge in [-0.2, -0.15) is 13.2 Å². The molecular weight excluding hydrogens is 521 g/mol. The Morgan fingerprint density at radius 3 is 2.49 bits per heavy atom. The van der Waals surface area contributed by atoms with Gasteiger partial charge in [0.1, 0.15) is 10.7 Å². The zero-order chi connectivity index (χ0) is 26.4. The molecule has 7 nitrogen and oxygen atoms in total. The SMILES string of the molecule is CCCN(CCC)C(=O)c1csc(CSc2nnc(-c3ccncc3)n2-c2cccc(C(F)(F)F)c2)n1. The number of rotatable bonds is 10. The van der Waals surface area contributed by atoms with Crippen molar-refractivity contribution in [3.63, 3.8) is 0 Å². The van der Waals surface area contributed by atoms with Gasteiger partial charge in [0.05, 0.1) is 17.0 Å².